The van der Waals surface area contributed by atoms with Crippen molar-refractivity contribution in [1.82, 2.24) is 4.90 Å². The molecule has 5 heteroatoms. The molecule has 92 valence electrons. The van der Waals surface area contributed by atoms with Crippen molar-refractivity contribution in [2.24, 2.45) is 10.7 Å². The molecule has 2 heterocycles. The Morgan fingerprint density at radius 2 is 2.38 bits per heavy atom. The number of guanidine groups is 1. The standard InChI is InChI=1S/C11H21N3O2/c1-15-8-5-14-10(12)13-9-11(14)3-2-6-16-7-4-11/h2-9H2,1H3,(H2,12,13). The maximum atomic E-state index is 5.96. The van der Waals surface area contributed by atoms with Crippen LogP contribution in [0, 0.1) is 0 Å². The van der Waals surface area contributed by atoms with Crippen molar-refractivity contribution < 1.29 is 9.47 Å². The average Bonchev–Trinajstić information content (AvgIpc) is 2.49. The summed E-state index contributed by atoms with van der Waals surface area (Å²) in [6.45, 7) is 4.00. The van der Waals surface area contributed by atoms with Crippen molar-refractivity contribution in [2.45, 2.75) is 24.8 Å². The van der Waals surface area contributed by atoms with Gasteiger partial charge in [-0.15, -0.1) is 0 Å². The largest absolute Gasteiger partial charge is 0.383 e. The molecular weight excluding hydrogens is 206 g/mol. The average molecular weight is 227 g/mol. The summed E-state index contributed by atoms with van der Waals surface area (Å²) in [5.74, 6) is 0.666. The van der Waals surface area contributed by atoms with Gasteiger partial charge >= 0.3 is 0 Å². The van der Waals surface area contributed by atoms with Gasteiger partial charge in [0.2, 0.25) is 0 Å². The predicted molar refractivity (Wildman–Crippen MR) is 62.5 cm³/mol. The molecule has 2 aliphatic rings. The van der Waals surface area contributed by atoms with Crippen LogP contribution in [-0.2, 0) is 9.47 Å². The van der Waals surface area contributed by atoms with Gasteiger partial charge < -0.3 is 20.1 Å². The van der Waals surface area contributed by atoms with E-state index in [4.69, 9.17) is 15.2 Å². The van der Waals surface area contributed by atoms with Crippen LogP contribution in [0.5, 0.6) is 0 Å². The summed E-state index contributed by atoms with van der Waals surface area (Å²) in [5, 5.41) is 0. The van der Waals surface area contributed by atoms with Gasteiger partial charge in [-0.05, 0) is 19.3 Å². The second-order valence-corrected chi connectivity index (χ2v) is 4.51. The van der Waals surface area contributed by atoms with Crippen LogP contribution < -0.4 is 5.73 Å². The van der Waals surface area contributed by atoms with E-state index in [1.165, 1.54) is 0 Å². The summed E-state index contributed by atoms with van der Waals surface area (Å²) >= 11 is 0. The summed E-state index contributed by atoms with van der Waals surface area (Å²) < 4.78 is 10.7. The van der Waals surface area contributed by atoms with Crippen LogP contribution in [0.1, 0.15) is 19.3 Å². The molecule has 2 aliphatic heterocycles. The zero-order valence-electron chi connectivity index (χ0n) is 9.95. The molecule has 1 spiro atoms. The number of hydrogen-bond donors (Lipinski definition) is 1. The van der Waals surface area contributed by atoms with E-state index in [1.54, 1.807) is 7.11 Å². The normalized spacial score (nSPS) is 30.6. The fraction of sp³-hybridized carbons (Fsp3) is 0.909. The van der Waals surface area contributed by atoms with E-state index in [0.29, 0.717) is 12.6 Å². The van der Waals surface area contributed by atoms with Gasteiger partial charge in [-0.1, -0.05) is 0 Å². The monoisotopic (exact) mass is 227 g/mol. The SMILES string of the molecule is COCCN1C(N)=NCC12CCCOCC2. The molecule has 16 heavy (non-hydrogen) atoms. The van der Waals surface area contributed by atoms with Crippen molar-refractivity contribution in [3.05, 3.63) is 0 Å². The molecule has 0 aromatic carbocycles. The molecule has 0 radical (unpaired) electrons. The Morgan fingerprint density at radius 3 is 3.19 bits per heavy atom. The van der Waals surface area contributed by atoms with Gasteiger partial charge in [0.05, 0.1) is 18.7 Å². The van der Waals surface area contributed by atoms with Crippen LogP contribution in [0.2, 0.25) is 0 Å². The van der Waals surface area contributed by atoms with E-state index in [9.17, 15) is 0 Å². The molecule has 0 aromatic heterocycles. The minimum atomic E-state index is 0.0963. The highest BCUT2D eigenvalue weighted by molar-refractivity contribution is 5.81. The first-order valence-corrected chi connectivity index (χ1v) is 5.93. The van der Waals surface area contributed by atoms with Crippen molar-refractivity contribution in [3.63, 3.8) is 0 Å². The zero-order chi connectivity index (χ0) is 11.4. The molecule has 1 unspecified atom stereocenters. The number of nitrogens with zero attached hydrogens (tertiary/aromatic N) is 2. The van der Waals surface area contributed by atoms with Gasteiger partial charge in [-0.3, -0.25) is 4.99 Å². The molecule has 0 bridgehead atoms. The summed E-state index contributed by atoms with van der Waals surface area (Å²) in [6, 6.07) is 0. The van der Waals surface area contributed by atoms with Crippen LogP contribution in [0.25, 0.3) is 0 Å². The highest BCUT2D eigenvalue weighted by Gasteiger charge is 2.41. The van der Waals surface area contributed by atoms with Crippen LogP contribution in [0.15, 0.2) is 4.99 Å². The molecule has 2 N–H and O–H groups in total. The Bertz CT molecular complexity index is 260. The predicted octanol–water partition coefficient (Wildman–Crippen LogP) is 0.202. The Hall–Kier alpha value is -0.810. The van der Waals surface area contributed by atoms with Gasteiger partial charge in [-0.25, -0.2) is 0 Å². The first kappa shape index (κ1) is 11.7. The van der Waals surface area contributed by atoms with Crippen LogP contribution in [0.3, 0.4) is 0 Å². The van der Waals surface area contributed by atoms with Gasteiger partial charge in [0.1, 0.15) is 0 Å². The Morgan fingerprint density at radius 1 is 1.50 bits per heavy atom. The first-order valence-electron chi connectivity index (χ1n) is 5.93. The zero-order valence-corrected chi connectivity index (χ0v) is 9.95. The van der Waals surface area contributed by atoms with E-state index in [1.807, 2.05) is 0 Å². The smallest absolute Gasteiger partial charge is 0.191 e. The number of ether oxygens (including phenoxy) is 2. The molecule has 0 aliphatic carbocycles. The summed E-state index contributed by atoms with van der Waals surface area (Å²) in [4.78, 5) is 6.61. The minimum Gasteiger partial charge on any atom is -0.383 e. The quantitative estimate of drug-likeness (QED) is 0.748. The molecular formula is C11H21N3O2. The van der Waals surface area contributed by atoms with E-state index < -0.39 is 0 Å². The number of hydrogen-bond acceptors (Lipinski definition) is 5. The lowest BCUT2D eigenvalue weighted by molar-refractivity contribution is 0.102. The first-order chi connectivity index (χ1) is 7.78. The fourth-order valence-corrected chi connectivity index (χ4v) is 2.60. The van der Waals surface area contributed by atoms with E-state index in [-0.39, 0.29) is 5.54 Å². The van der Waals surface area contributed by atoms with Crippen molar-refractivity contribution in [3.8, 4) is 0 Å². The Balaban J connectivity index is 2.06. The minimum absolute atomic E-state index is 0.0963. The van der Waals surface area contributed by atoms with E-state index in [0.717, 1.165) is 45.6 Å². The summed E-state index contributed by atoms with van der Waals surface area (Å²) in [6.07, 6.45) is 3.22. The number of methoxy groups -OCH3 is 1. The third-order valence-electron chi connectivity index (χ3n) is 3.55. The van der Waals surface area contributed by atoms with Crippen LogP contribution >= 0.6 is 0 Å². The van der Waals surface area contributed by atoms with E-state index >= 15 is 0 Å². The molecule has 1 saturated heterocycles. The highest BCUT2D eigenvalue weighted by atomic mass is 16.5. The van der Waals surface area contributed by atoms with Gasteiger partial charge in [0.15, 0.2) is 5.96 Å². The van der Waals surface area contributed by atoms with Crippen molar-refractivity contribution in [1.29, 1.82) is 0 Å². The molecule has 1 fully saturated rings. The highest BCUT2D eigenvalue weighted by Crippen LogP contribution is 2.32. The molecule has 1 atom stereocenters. The van der Waals surface area contributed by atoms with Gasteiger partial charge in [0.25, 0.3) is 0 Å². The molecule has 0 aromatic rings. The third kappa shape index (κ3) is 2.15. The maximum absolute atomic E-state index is 5.96. The van der Waals surface area contributed by atoms with Crippen molar-refractivity contribution >= 4 is 5.96 Å². The summed E-state index contributed by atoms with van der Waals surface area (Å²) in [7, 11) is 1.71. The van der Waals surface area contributed by atoms with Crippen LogP contribution in [-0.4, -0.2) is 56.4 Å². The topological polar surface area (TPSA) is 60.1 Å². The maximum Gasteiger partial charge on any atom is 0.191 e. The second-order valence-electron chi connectivity index (χ2n) is 4.51. The molecule has 0 amide bonds. The molecule has 2 rings (SSSR count). The second kappa shape index (κ2) is 5.01. The van der Waals surface area contributed by atoms with Gasteiger partial charge in [0, 0.05) is 26.9 Å². The lowest BCUT2D eigenvalue weighted by atomic mass is 9.89. The van der Waals surface area contributed by atoms with Crippen LogP contribution in [0.4, 0.5) is 0 Å². The number of nitrogens with two attached hydrogens (primary N) is 1. The lowest BCUT2D eigenvalue weighted by Crippen LogP contribution is -2.52. The molecule has 0 saturated carbocycles. The Labute approximate surface area is 96.6 Å². The van der Waals surface area contributed by atoms with Crippen molar-refractivity contribution in [2.75, 3.05) is 40.0 Å². The third-order valence-corrected chi connectivity index (χ3v) is 3.55. The summed E-state index contributed by atoms with van der Waals surface area (Å²) in [5.41, 5.74) is 6.05. The molecule has 5 nitrogen and oxygen atoms in total. The number of aliphatic imine (C=N–C) groups is 1. The lowest BCUT2D eigenvalue weighted by Gasteiger charge is -2.38. The fourth-order valence-electron chi connectivity index (χ4n) is 2.60. The van der Waals surface area contributed by atoms with Gasteiger partial charge in [-0.2, -0.15) is 0 Å². The Kier molecular flexibility index (Phi) is 3.66. The number of rotatable bonds is 3. The van der Waals surface area contributed by atoms with E-state index in [2.05, 4.69) is 9.89 Å².